The number of benzene rings is 1. The Morgan fingerprint density at radius 1 is 1.41 bits per heavy atom. The number of nitrogens with two attached hydrogens (primary N) is 1. The zero-order chi connectivity index (χ0) is 12.9. The fraction of sp³-hybridized carbons (Fsp3) is 0.400. The van der Waals surface area contributed by atoms with Gasteiger partial charge in [0.2, 0.25) is 0 Å². The van der Waals surface area contributed by atoms with Gasteiger partial charge in [-0.2, -0.15) is 8.42 Å². The third-order valence-electron chi connectivity index (χ3n) is 2.23. The molecule has 1 rings (SSSR count). The Hall–Kier alpha value is -1.18. The van der Waals surface area contributed by atoms with Gasteiger partial charge >= 0.3 is 10.2 Å². The van der Waals surface area contributed by atoms with Gasteiger partial charge in [0.25, 0.3) is 0 Å². The summed E-state index contributed by atoms with van der Waals surface area (Å²) >= 11 is 0. The highest BCUT2D eigenvalue weighted by Crippen LogP contribution is 2.21. The first kappa shape index (κ1) is 13.9. The van der Waals surface area contributed by atoms with Crippen molar-refractivity contribution in [2.75, 3.05) is 24.4 Å². The van der Waals surface area contributed by atoms with Crippen molar-refractivity contribution in [1.82, 2.24) is 4.72 Å². The van der Waals surface area contributed by atoms with Gasteiger partial charge in [-0.25, -0.2) is 9.11 Å². The first-order valence-corrected chi connectivity index (χ1v) is 6.62. The first-order valence-electron chi connectivity index (χ1n) is 5.18. The average Bonchev–Trinajstić information content (AvgIpc) is 2.31. The second-order valence-corrected chi connectivity index (χ2v) is 5.17. The van der Waals surface area contributed by atoms with Crippen LogP contribution in [0.4, 0.5) is 10.1 Å². The van der Waals surface area contributed by atoms with Gasteiger partial charge in [0.05, 0.1) is 5.69 Å². The summed E-state index contributed by atoms with van der Waals surface area (Å²) in [6.07, 6.45) is 0.454. The molecule has 0 fully saturated rings. The number of nitrogens with one attached hydrogen (secondary N) is 1. The summed E-state index contributed by atoms with van der Waals surface area (Å²) < 4.78 is 40.2. The number of rotatable bonds is 6. The van der Waals surface area contributed by atoms with Crippen LogP contribution in [0.3, 0.4) is 0 Å². The molecule has 0 aliphatic heterocycles. The Morgan fingerprint density at radius 3 is 2.59 bits per heavy atom. The van der Waals surface area contributed by atoms with E-state index in [1.54, 1.807) is 6.07 Å². The lowest BCUT2D eigenvalue weighted by atomic mass is 10.3. The minimum Gasteiger partial charge on any atom is -0.330 e. The highest BCUT2D eigenvalue weighted by atomic mass is 32.2. The second kappa shape index (κ2) is 5.95. The molecule has 96 valence electrons. The van der Waals surface area contributed by atoms with E-state index >= 15 is 0 Å². The van der Waals surface area contributed by atoms with Crippen molar-refractivity contribution < 1.29 is 12.8 Å². The van der Waals surface area contributed by atoms with E-state index in [1.165, 1.54) is 25.2 Å². The topological polar surface area (TPSA) is 75.4 Å². The normalized spacial score (nSPS) is 11.5. The van der Waals surface area contributed by atoms with Crippen molar-refractivity contribution in [3.63, 3.8) is 0 Å². The number of hydrogen-bond acceptors (Lipinski definition) is 3. The van der Waals surface area contributed by atoms with Crippen LogP contribution in [0.2, 0.25) is 0 Å². The molecule has 0 saturated carbocycles. The standard InChI is InChI=1S/C10H16FN3O2S/c1-13-17(15,16)14(8-4-7-12)10-6-3-2-5-9(10)11/h2-3,5-6,13H,4,7-8,12H2,1H3. The lowest BCUT2D eigenvalue weighted by Gasteiger charge is -2.23. The van der Waals surface area contributed by atoms with Crippen molar-refractivity contribution in [2.24, 2.45) is 5.73 Å². The molecule has 17 heavy (non-hydrogen) atoms. The molecule has 0 heterocycles. The largest absolute Gasteiger partial charge is 0.330 e. The van der Waals surface area contributed by atoms with Gasteiger partial charge in [0.15, 0.2) is 0 Å². The molecule has 0 amide bonds. The zero-order valence-electron chi connectivity index (χ0n) is 9.56. The molecule has 7 heteroatoms. The van der Waals surface area contributed by atoms with E-state index in [1.807, 2.05) is 0 Å². The van der Waals surface area contributed by atoms with Crippen LogP contribution in [0.15, 0.2) is 24.3 Å². The van der Waals surface area contributed by atoms with Crippen LogP contribution in [-0.2, 0) is 10.2 Å². The maximum Gasteiger partial charge on any atom is 0.301 e. The summed E-state index contributed by atoms with van der Waals surface area (Å²) in [4.78, 5) is 0. The lowest BCUT2D eigenvalue weighted by molar-refractivity contribution is 0.576. The molecule has 0 spiro atoms. The summed E-state index contributed by atoms with van der Waals surface area (Å²) in [5.41, 5.74) is 5.37. The van der Waals surface area contributed by atoms with Crippen molar-refractivity contribution in [3.05, 3.63) is 30.1 Å². The van der Waals surface area contributed by atoms with Crippen molar-refractivity contribution in [2.45, 2.75) is 6.42 Å². The van der Waals surface area contributed by atoms with E-state index in [0.29, 0.717) is 13.0 Å². The zero-order valence-corrected chi connectivity index (χ0v) is 10.4. The maximum absolute atomic E-state index is 13.6. The van der Waals surface area contributed by atoms with E-state index < -0.39 is 16.0 Å². The average molecular weight is 261 g/mol. The van der Waals surface area contributed by atoms with Crippen molar-refractivity contribution in [1.29, 1.82) is 0 Å². The number of para-hydroxylation sites is 1. The van der Waals surface area contributed by atoms with Gasteiger partial charge in [-0.1, -0.05) is 12.1 Å². The molecule has 0 aromatic heterocycles. The highest BCUT2D eigenvalue weighted by Gasteiger charge is 2.22. The molecule has 0 aliphatic carbocycles. The molecular weight excluding hydrogens is 245 g/mol. The minimum atomic E-state index is -3.72. The quantitative estimate of drug-likeness (QED) is 0.780. The smallest absolute Gasteiger partial charge is 0.301 e. The summed E-state index contributed by atoms with van der Waals surface area (Å²) in [6.45, 7) is 0.477. The second-order valence-electron chi connectivity index (χ2n) is 3.37. The maximum atomic E-state index is 13.6. The minimum absolute atomic E-state index is 0.0234. The van der Waals surface area contributed by atoms with Gasteiger partial charge in [-0.15, -0.1) is 0 Å². The monoisotopic (exact) mass is 261 g/mol. The van der Waals surface area contributed by atoms with Crippen LogP contribution in [0.5, 0.6) is 0 Å². The van der Waals surface area contributed by atoms with E-state index in [4.69, 9.17) is 5.73 Å². The fourth-order valence-corrected chi connectivity index (χ4v) is 2.37. The number of halogens is 1. The predicted molar refractivity (Wildman–Crippen MR) is 65.4 cm³/mol. The third-order valence-corrected chi connectivity index (χ3v) is 3.71. The van der Waals surface area contributed by atoms with Crippen LogP contribution < -0.4 is 14.8 Å². The van der Waals surface area contributed by atoms with Crippen LogP contribution >= 0.6 is 0 Å². The predicted octanol–water partition coefficient (Wildman–Crippen LogP) is 0.445. The lowest BCUT2D eigenvalue weighted by Crippen LogP contribution is -2.40. The van der Waals surface area contributed by atoms with Gasteiger partial charge in [-0.05, 0) is 25.1 Å². The molecule has 1 aromatic rings. The molecule has 5 nitrogen and oxygen atoms in total. The van der Waals surface area contributed by atoms with Crippen LogP contribution in [0, 0.1) is 5.82 Å². The molecule has 0 bridgehead atoms. The van der Waals surface area contributed by atoms with Gasteiger partial charge in [0.1, 0.15) is 5.82 Å². The Balaban J connectivity index is 3.11. The molecule has 0 saturated heterocycles. The molecule has 0 radical (unpaired) electrons. The van der Waals surface area contributed by atoms with Crippen molar-refractivity contribution >= 4 is 15.9 Å². The molecule has 0 aliphatic rings. The van der Waals surface area contributed by atoms with E-state index in [9.17, 15) is 12.8 Å². The highest BCUT2D eigenvalue weighted by molar-refractivity contribution is 7.90. The fourth-order valence-electron chi connectivity index (χ4n) is 1.37. The van der Waals surface area contributed by atoms with E-state index in [0.717, 1.165) is 4.31 Å². The van der Waals surface area contributed by atoms with Crippen LogP contribution in [0.25, 0.3) is 0 Å². The molecule has 0 unspecified atom stereocenters. The molecular formula is C10H16FN3O2S. The van der Waals surface area contributed by atoms with Crippen molar-refractivity contribution in [3.8, 4) is 0 Å². The van der Waals surface area contributed by atoms with E-state index in [2.05, 4.69) is 4.72 Å². The van der Waals surface area contributed by atoms with Gasteiger partial charge < -0.3 is 5.73 Å². The summed E-state index contributed by atoms with van der Waals surface area (Å²) in [5, 5.41) is 0. The number of hydrogen-bond donors (Lipinski definition) is 2. The first-order chi connectivity index (χ1) is 8.03. The molecule has 1 aromatic carbocycles. The number of nitrogens with zero attached hydrogens (tertiary/aromatic N) is 1. The van der Waals surface area contributed by atoms with E-state index in [-0.39, 0.29) is 12.2 Å². The summed E-state index contributed by atoms with van der Waals surface area (Å²) in [5.74, 6) is -0.580. The molecule has 3 N–H and O–H groups in total. The third kappa shape index (κ3) is 3.39. The van der Waals surface area contributed by atoms with Gasteiger partial charge in [-0.3, -0.25) is 4.31 Å². The Morgan fingerprint density at radius 2 is 2.06 bits per heavy atom. The van der Waals surface area contributed by atoms with Crippen LogP contribution in [0.1, 0.15) is 6.42 Å². The Labute approximate surface area is 101 Å². The SMILES string of the molecule is CNS(=O)(=O)N(CCCN)c1ccccc1F. The van der Waals surface area contributed by atoms with Gasteiger partial charge in [0, 0.05) is 13.6 Å². The Bertz CT molecular complexity index is 464. The molecule has 0 atom stereocenters. The Kier molecular flexibility index (Phi) is 4.86. The summed E-state index contributed by atoms with van der Waals surface area (Å²) in [6, 6.07) is 5.72. The summed E-state index contributed by atoms with van der Waals surface area (Å²) in [7, 11) is -2.44. The number of anilines is 1. The van der Waals surface area contributed by atoms with Crippen LogP contribution in [-0.4, -0.2) is 28.6 Å².